The number of carbonyl (C=O) groups is 2. The highest BCUT2D eigenvalue weighted by molar-refractivity contribution is 5.89. The van der Waals surface area contributed by atoms with E-state index in [1.165, 1.54) is 5.56 Å². The van der Waals surface area contributed by atoms with Gasteiger partial charge in [-0.2, -0.15) is 0 Å². The van der Waals surface area contributed by atoms with E-state index in [9.17, 15) is 9.59 Å². The van der Waals surface area contributed by atoms with Crippen molar-refractivity contribution in [2.24, 2.45) is 0 Å². The van der Waals surface area contributed by atoms with Gasteiger partial charge in [-0.15, -0.1) is 0 Å². The molecule has 1 aromatic heterocycles. The summed E-state index contributed by atoms with van der Waals surface area (Å²) >= 11 is 0. The molecule has 0 saturated carbocycles. The van der Waals surface area contributed by atoms with Crippen molar-refractivity contribution < 1.29 is 9.59 Å². The van der Waals surface area contributed by atoms with Crippen molar-refractivity contribution in [1.29, 1.82) is 0 Å². The minimum absolute atomic E-state index is 0.0446. The molecule has 2 amide bonds. The smallest absolute Gasteiger partial charge is 0.237 e. The van der Waals surface area contributed by atoms with Gasteiger partial charge in [0.15, 0.2) is 0 Å². The minimum Gasteiger partial charge on any atom is -0.353 e. The average Bonchev–Trinajstić information content (AvgIpc) is 2.78. The molecule has 160 valence electrons. The fraction of sp³-hybridized carbons (Fsp3) is 0.320. The topological polar surface area (TPSA) is 65.5 Å². The van der Waals surface area contributed by atoms with Crippen LogP contribution in [0.5, 0.6) is 0 Å². The number of rotatable bonds is 6. The molecule has 6 nitrogen and oxygen atoms in total. The second-order valence-corrected chi connectivity index (χ2v) is 8.20. The SMILES string of the molecule is Cc1ccc(CN2CCNC(=O)[C@@H]2CC(=O)N(C)Cc2cccc3ncccc23)cc1. The molecule has 1 atom stereocenters. The maximum atomic E-state index is 13.0. The van der Waals surface area contributed by atoms with Crippen molar-refractivity contribution in [3.8, 4) is 0 Å². The molecule has 0 aliphatic carbocycles. The summed E-state index contributed by atoms with van der Waals surface area (Å²) in [5.74, 6) is -0.119. The summed E-state index contributed by atoms with van der Waals surface area (Å²) < 4.78 is 0. The molecule has 1 N–H and O–H groups in total. The second kappa shape index (κ2) is 9.27. The first-order chi connectivity index (χ1) is 15.0. The Morgan fingerprint density at radius 2 is 1.97 bits per heavy atom. The Bertz CT molecular complexity index is 1080. The second-order valence-electron chi connectivity index (χ2n) is 8.20. The van der Waals surface area contributed by atoms with Gasteiger partial charge in [-0.3, -0.25) is 19.5 Å². The average molecular weight is 417 g/mol. The predicted molar refractivity (Wildman–Crippen MR) is 121 cm³/mol. The summed E-state index contributed by atoms with van der Waals surface area (Å²) in [7, 11) is 1.79. The van der Waals surface area contributed by atoms with E-state index in [0.717, 1.165) is 28.6 Å². The van der Waals surface area contributed by atoms with Crippen LogP contribution >= 0.6 is 0 Å². The number of piperazine rings is 1. The number of aromatic nitrogens is 1. The van der Waals surface area contributed by atoms with Crippen LogP contribution in [0.2, 0.25) is 0 Å². The highest BCUT2D eigenvalue weighted by Gasteiger charge is 2.32. The van der Waals surface area contributed by atoms with E-state index < -0.39 is 6.04 Å². The lowest BCUT2D eigenvalue weighted by molar-refractivity contribution is -0.138. The molecule has 2 heterocycles. The molecule has 0 unspecified atom stereocenters. The first kappa shape index (κ1) is 21.0. The molecule has 2 aromatic carbocycles. The Kier molecular flexibility index (Phi) is 6.28. The van der Waals surface area contributed by atoms with E-state index in [-0.39, 0.29) is 18.2 Å². The molecular weight excluding hydrogens is 388 g/mol. The summed E-state index contributed by atoms with van der Waals surface area (Å²) in [5, 5.41) is 3.96. The van der Waals surface area contributed by atoms with E-state index in [0.29, 0.717) is 19.6 Å². The van der Waals surface area contributed by atoms with Crippen LogP contribution < -0.4 is 5.32 Å². The summed E-state index contributed by atoms with van der Waals surface area (Å²) in [5.41, 5.74) is 4.31. The number of nitrogens with one attached hydrogen (secondary N) is 1. The molecule has 6 heteroatoms. The maximum Gasteiger partial charge on any atom is 0.237 e. The maximum absolute atomic E-state index is 13.0. The van der Waals surface area contributed by atoms with E-state index in [1.807, 2.05) is 30.3 Å². The number of carbonyl (C=O) groups excluding carboxylic acids is 2. The van der Waals surface area contributed by atoms with Crippen LogP contribution in [0.3, 0.4) is 0 Å². The Labute approximate surface area is 182 Å². The van der Waals surface area contributed by atoms with Crippen LogP contribution in [0.25, 0.3) is 10.9 Å². The van der Waals surface area contributed by atoms with Crippen molar-refractivity contribution in [2.75, 3.05) is 20.1 Å². The highest BCUT2D eigenvalue weighted by Crippen LogP contribution is 2.20. The molecule has 3 aromatic rings. The lowest BCUT2D eigenvalue weighted by Crippen LogP contribution is -2.56. The Balaban J connectivity index is 1.45. The zero-order valence-corrected chi connectivity index (χ0v) is 18.0. The molecule has 31 heavy (non-hydrogen) atoms. The molecule has 1 fully saturated rings. The van der Waals surface area contributed by atoms with Gasteiger partial charge in [0.25, 0.3) is 0 Å². The number of benzene rings is 2. The lowest BCUT2D eigenvalue weighted by atomic mass is 10.0. The van der Waals surface area contributed by atoms with Crippen molar-refractivity contribution in [3.63, 3.8) is 0 Å². The van der Waals surface area contributed by atoms with Crippen LogP contribution in [-0.2, 0) is 22.7 Å². The zero-order valence-electron chi connectivity index (χ0n) is 18.0. The fourth-order valence-electron chi connectivity index (χ4n) is 4.07. The third-order valence-electron chi connectivity index (χ3n) is 5.89. The van der Waals surface area contributed by atoms with Gasteiger partial charge in [-0.25, -0.2) is 0 Å². The molecule has 1 aliphatic rings. The third kappa shape index (κ3) is 4.91. The van der Waals surface area contributed by atoms with E-state index in [1.54, 1.807) is 18.1 Å². The summed E-state index contributed by atoms with van der Waals surface area (Å²) in [6.45, 7) is 4.53. The number of pyridine rings is 1. The van der Waals surface area contributed by atoms with Crippen LogP contribution in [0.1, 0.15) is 23.1 Å². The first-order valence-electron chi connectivity index (χ1n) is 10.6. The van der Waals surface area contributed by atoms with Gasteiger partial charge in [-0.05, 0) is 30.2 Å². The van der Waals surface area contributed by atoms with Crippen molar-refractivity contribution in [2.45, 2.75) is 32.5 Å². The van der Waals surface area contributed by atoms with E-state index >= 15 is 0 Å². The number of amides is 2. The van der Waals surface area contributed by atoms with Crippen LogP contribution in [-0.4, -0.2) is 52.8 Å². The Morgan fingerprint density at radius 3 is 2.77 bits per heavy atom. The van der Waals surface area contributed by atoms with Gasteiger partial charge in [0.05, 0.1) is 18.0 Å². The van der Waals surface area contributed by atoms with Crippen molar-refractivity contribution >= 4 is 22.7 Å². The van der Waals surface area contributed by atoms with E-state index in [4.69, 9.17) is 0 Å². The molecule has 0 bridgehead atoms. The molecule has 0 spiro atoms. The van der Waals surface area contributed by atoms with Gasteiger partial charge >= 0.3 is 0 Å². The number of aryl methyl sites for hydroxylation is 1. The number of hydrogen-bond donors (Lipinski definition) is 1. The monoisotopic (exact) mass is 416 g/mol. The molecule has 1 aliphatic heterocycles. The fourth-order valence-corrected chi connectivity index (χ4v) is 4.07. The zero-order chi connectivity index (χ0) is 21.8. The molecule has 4 rings (SSSR count). The molecule has 1 saturated heterocycles. The van der Waals surface area contributed by atoms with Crippen molar-refractivity contribution in [3.05, 3.63) is 77.5 Å². The molecule has 0 radical (unpaired) electrons. The Morgan fingerprint density at radius 1 is 1.16 bits per heavy atom. The normalized spacial score (nSPS) is 16.8. The van der Waals surface area contributed by atoms with Gasteiger partial charge < -0.3 is 10.2 Å². The number of hydrogen-bond acceptors (Lipinski definition) is 4. The number of fused-ring (bicyclic) bond motifs is 1. The highest BCUT2D eigenvalue weighted by atomic mass is 16.2. The van der Waals surface area contributed by atoms with Gasteiger partial charge in [0.2, 0.25) is 11.8 Å². The molecular formula is C25H28N4O2. The lowest BCUT2D eigenvalue weighted by Gasteiger charge is -2.35. The number of nitrogens with zero attached hydrogens (tertiary/aromatic N) is 3. The van der Waals surface area contributed by atoms with E-state index in [2.05, 4.69) is 46.4 Å². The minimum atomic E-state index is -0.459. The third-order valence-corrected chi connectivity index (χ3v) is 5.89. The summed E-state index contributed by atoms with van der Waals surface area (Å²) in [6, 6.07) is 17.7. The largest absolute Gasteiger partial charge is 0.353 e. The van der Waals surface area contributed by atoms with Crippen LogP contribution in [0, 0.1) is 6.92 Å². The Hall–Kier alpha value is -3.25. The summed E-state index contributed by atoms with van der Waals surface area (Å²) in [4.78, 5) is 33.9. The van der Waals surface area contributed by atoms with Crippen molar-refractivity contribution in [1.82, 2.24) is 20.1 Å². The standard InChI is InChI=1S/C25H28N4O2/c1-18-8-10-19(11-9-18)16-29-14-13-27-25(31)23(29)15-24(30)28(2)17-20-5-3-7-22-21(20)6-4-12-26-22/h3-12,23H,13-17H2,1-2H3,(H,27,31)/t23-/m0/s1. The summed E-state index contributed by atoms with van der Waals surface area (Å²) in [6.07, 6.45) is 1.93. The first-order valence-corrected chi connectivity index (χ1v) is 10.6. The van der Waals surface area contributed by atoms with Crippen LogP contribution in [0.4, 0.5) is 0 Å². The predicted octanol–water partition coefficient (Wildman–Crippen LogP) is 2.89. The van der Waals surface area contributed by atoms with Crippen LogP contribution in [0.15, 0.2) is 60.8 Å². The van der Waals surface area contributed by atoms with Gasteiger partial charge in [0, 0.05) is 44.8 Å². The van der Waals surface area contributed by atoms with Gasteiger partial charge in [-0.1, -0.05) is 48.0 Å². The van der Waals surface area contributed by atoms with Gasteiger partial charge in [0.1, 0.15) is 0 Å². The quantitative estimate of drug-likeness (QED) is 0.671.